The molecule has 3 heterocycles. The van der Waals surface area contributed by atoms with Crippen molar-refractivity contribution >= 4 is 43.6 Å². The van der Waals surface area contributed by atoms with E-state index in [1.54, 1.807) is 0 Å². The van der Waals surface area contributed by atoms with Gasteiger partial charge in [0.25, 0.3) is 0 Å². The van der Waals surface area contributed by atoms with Crippen LogP contribution in [0.3, 0.4) is 0 Å². The molecule has 0 fully saturated rings. The van der Waals surface area contributed by atoms with Crippen molar-refractivity contribution in [3.05, 3.63) is 121 Å². The standard InChI is InChI=1S/C35H24N4/c1-39-32-18-8-14-26(23-11-6-12-24(19-23)31-20-22-9-2-3-10-25(22)21-36-31)34(32)38-35(39)29-16-7-15-28-27-13-4-5-17-30(27)37-33(28)29/h2-21,37H,1H3. The van der Waals surface area contributed by atoms with E-state index in [1.165, 1.54) is 16.2 Å². The first-order valence-corrected chi connectivity index (χ1v) is 13.2. The van der Waals surface area contributed by atoms with Gasteiger partial charge in [-0.3, -0.25) is 4.98 Å². The van der Waals surface area contributed by atoms with Crippen LogP contribution >= 0.6 is 0 Å². The van der Waals surface area contributed by atoms with Gasteiger partial charge in [0.2, 0.25) is 0 Å². The summed E-state index contributed by atoms with van der Waals surface area (Å²) < 4.78 is 2.20. The lowest BCUT2D eigenvalue weighted by molar-refractivity contribution is 0.960. The summed E-state index contributed by atoms with van der Waals surface area (Å²) in [7, 11) is 2.10. The van der Waals surface area contributed by atoms with Gasteiger partial charge in [-0.25, -0.2) is 4.98 Å². The Morgan fingerprint density at radius 2 is 1.38 bits per heavy atom. The van der Waals surface area contributed by atoms with E-state index < -0.39 is 0 Å². The maximum absolute atomic E-state index is 5.25. The smallest absolute Gasteiger partial charge is 0.143 e. The third-order valence-electron chi connectivity index (χ3n) is 7.79. The fourth-order valence-corrected chi connectivity index (χ4v) is 5.84. The molecule has 1 N–H and O–H groups in total. The van der Waals surface area contributed by atoms with Gasteiger partial charge in [0, 0.05) is 51.6 Å². The van der Waals surface area contributed by atoms with Crippen LogP contribution in [0, 0.1) is 0 Å². The third kappa shape index (κ3) is 3.39. The van der Waals surface area contributed by atoms with Gasteiger partial charge < -0.3 is 9.55 Å². The molecule has 0 amide bonds. The maximum atomic E-state index is 5.25. The number of nitrogens with zero attached hydrogens (tertiary/aromatic N) is 3. The number of nitrogens with one attached hydrogen (secondary N) is 1. The molecule has 0 aliphatic rings. The number of benzene rings is 5. The Balaban J connectivity index is 1.29. The summed E-state index contributed by atoms with van der Waals surface area (Å²) in [5, 5.41) is 4.78. The number of aromatic amines is 1. The number of pyridine rings is 1. The molecule has 0 saturated heterocycles. The van der Waals surface area contributed by atoms with Crippen LogP contribution in [0.4, 0.5) is 0 Å². The van der Waals surface area contributed by atoms with E-state index >= 15 is 0 Å². The molecule has 0 aliphatic heterocycles. The van der Waals surface area contributed by atoms with Crippen LogP contribution in [0.2, 0.25) is 0 Å². The normalized spacial score (nSPS) is 11.7. The molecule has 8 rings (SSSR count). The highest BCUT2D eigenvalue weighted by Crippen LogP contribution is 2.37. The molecule has 0 spiro atoms. The molecule has 0 radical (unpaired) electrons. The molecule has 0 saturated carbocycles. The highest BCUT2D eigenvalue weighted by atomic mass is 15.1. The molecule has 0 atom stereocenters. The fraction of sp³-hybridized carbons (Fsp3) is 0.0286. The average Bonchev–Trinajstić information content (AvgIpc) is 3.54. The Hall–Kier alpha value is -5.22. The lowest BCUT2D eigenvalue weighted by Gasteiger charge is -2.08. The van der Waals surface area contributed by atoms with Gasteiger partial charge in [0.05, 0.1) is 22.2 Å². The summed E-state index contributed by atoms with van der Waals surface area (Å²) in [6, 6.07) is 40.5. The number of fused-ring (bicyclic) bond motifs is 5. The Morgan fingerprint density at radius 3 is 2.33 bits per heavy atom. The van der Waals surface area contributed by atoms with E-state index in [0.29, 0.717) is 0 Å². The number of hydrogen-bond acceptors (Lipinski definition) is 2. The van der Waals surface area contributed by atoms with Crippen molar-refractivity contribution in [2.45, 2.75) is 0 Å². The first-order chi connectivity index (χ1) is 19.2. The summed E-state index contributed by atoms with van der Waals surface area (Å²) in [6.45, 7) is 0. The van der Waals surface area contributed by atoms with Gasteiger partial charge in [0.15, 0.2) is 0 Å². The number of para-hydroxylation sites is 3. The van der Waals surface area contributed by atoms with E-state index in [9.17, 15) is 0 Å². The summed E-state index contributed by atoms with van der Waals surface area (Å²) in [5.74, 6) is 0.946. The van der Waals surface area contributed by atoms with E-state index in [0.717, 1.165) is 61.2 Å². The van der Waals surface area contributed by atoms with E-state index in [1.807, 2.05) is 12.3 Å². The lowest BCUT2D eigenvalue weighted by Crippen LogP contribution is -1.93. The minimum Gasteiger partial charge on any atom is -0.354 e. The average molecular weight is 501 g/mol. The SMILES string of the molecule is Cn1c(-c2cccc3c2[nH]c2ccccc23)nc2c(-c3cccc(-c4cc5ccccc5cn4)c3)cccc21. The highest BCUT2D eigenvalue weighted by molar-refractivity contribution is 6.11. The second-order valence-electron chi connectivity index (χ2n) is 10.1. The molecular weight excluding hydrogens is 476 g/mol. The topological polar surface area (TPSA) is 46.5 Å². The Kier molecular flexibility index (Phi) is 4.70. The summed E-state index contributed by atoms with van der Waals surface area (Å²) >= 11 is 0. The van der Waals surface area contributed by atoms with Crippen molar-refractivity contribution < 1.29 is 0 Å². The molecule has 3 aromatic heterocycles. The molecule has 8 aromatic rings. The highest BCUT2D eigenvalue weighted by Gasteiger charge is 2.17. The van der Waals surface area contributed by atoms with Crippen LogP contribution < -0.4 is 0 Å². The van der Waals surface area contributed by atoms with Gasteiger partial charge >= 0.3 is 0 Å². The second kappa shape index (κ2) is 8.40. The number of H-pyrrole nitrogens is 1. The Labute approximate surface area is 225 Å². The molecule has 4 heteroatoms. The predicted octanol–water partition coefficient (Wildman–Crippen LogP) is 8.76. The van der Waals surface area contributed by atoms with E-state index in [2.05, 4.69) is 126 Å². The Morgan fingerprint density at radius 1 is 0.641 bits per heavy atom. The minimum absolute atomic E-state index is 0.946. The second-order valence-corrected chi connectivity index (χ2v) is 10.1. The zero-order valence-electron chi connectivity index (χ0n) is 21.4. The first-order valence-electron chi connectivity index (χ1n) is 13.2. The van der Waals surface area contributed by atoms with Crippen LogP contribution in [0.1, 0.15) is 0 Å². The molecule has 39 heavy (non-hydrogen) atoms. The van der Waals surface area contributed by atoms with Gasteiger partial charge in [-0.2, -0.15) is 0 Å². The molecular formula is C35H24N4. The van der Waals surface area contributed by atoms with Crippen molar-refractivity contribution in [3.63, 3.8) is 0 Å². The van der Waals surface area contributed by atoms with E-state index in [-0.39, 0.29) is 0 Å². The number of imidazole rings is 1. The fourth-order valence-electron chi connectivity index (χ4n) is 5.84. The van der Waals surface area contributed by atoms with E-state index in [4.69, 9.17) is 9.97 Å². The monoisotopic (exact) mass is 500 g/mol. The van der Waals surface area contributed by atoms with Crippen molar-refractivity contribution in [1.29, 1.82) is 0 Å². The summed E-state index contributed by atoms with van der Waals surface area (Å²) in [6.07, 6.45) is 1.95. The largest absolute Gasteiger partial charge is 0.354 e. The number of aryl methyl sites for hydroxylation is 1. The summed E-state index contributed by atoms with van der Waals surface area (Å²) in [5.41, 5.74) is 9.74. The van der Waals surface area contributed by atoms with Crippen LogP contribution in [0.15, 0.2) is 121 Å². The van der Waals surface area contributed by atoms with Crippen molar-refractivity contribution in [3.8, 4) is 33.8 Å². The molecule has 0 aliphatic carbocycles. The molecule has 4 nitrogen and oxygen atoms in total. The van der Waals surface area contributed by atoms with Gasteiger partial charge in [-0.15, -0.1) is 0 Å². The molecule has 184 valence electrons. The maximum Gasteiger partial charge on any atom is 0.143 e. The van der Waals surface area contributed by atoms with Crippen LogP contribution in [0.25, 0.3) is 77.4 Å². The van der Waals surface area contributed by atoms with Gasteiger partial charge in [-0.05, 0) is 41.3 Å². The zero-order valence-corrected chi connectivity index (χ0v) is 21.4. The number of aromatic nitrogens is 4. The van der Waals surface area contributed by atoms with Crippen molar-refractivity contribution in [2.24, 2.45) is 7.05 Å². The summed E-state index contributed by atoms with van der Waals surface area (Å²) in [4.78, 5) is 13.6. The molecule has 0 unspecified atom stereocenters. The quantitative estimate of drug-likeness (QED) is 0.264. The van der Waals surface area contributed by atoms with Crippen molar-refractivity contribution in [1.82, 2.24) is 19.5 Å². The predicted molar refractivity (Wildman–Crippen MR) is 162 cm³/mol. The van der Waals surface area contributed by atoms with Crippen molar-refractivity contribution in [2.75, 3.05) is 0 Å². The number of rotatable bonds is 3. The minimum atomic E-state index is 0.946. The molecule has 5 aromatic carbocycles. The van der Waals surface area contributed by atoms with Gasteiger partial charge in [-0.1, -0.05) is 84.9 Å². The lowest BCUT2D eigenvalue weighted by atomic mass is 9.99. The van der Waals surface area contributed by atoms with Crippen LogP contribution in [0.5, 0.6) is 0 Å². The number of hydrogen-bond donors (Lipinski definition) is 1. The van der Waals surface area contributed by atoms with Crippen LogP contribution in [-0.2, 0) is 7.05 Å². The third-order valence-corrected chi connectivity index (χ3v) is 7.79. The van der Waals surface area contributed by atoms with Gasteiger partial charge in [0.1, 0.15) is 5.82 Å². The zero-order chi connectivity index (χ0) is 25.9. The Bertz CT molecular complexity index is 2200. The van der Waals surface area contributed by atoms with Crippen LogP contribution in [-0.4, -0.2) is 19.5 Å². The first kappa shape index (κ1) is 21.8. The molecule has 0 bridgehead atoms.